The zero-order chi connectivity index (χ0) is 5.82. The Morgan fingerprint density at radius 2 is 2.12 bits per heavy atom. The summed E-state index contributed by atoms with van der Waals surface area (Å²) in [4.78, 5) is 2.16. The zero-order valence-corrected chi connectivity index (χ0v) is 5.17. The van der Waals surface area contributed by atoms with Crippen LogP contribution in [-0.2, 0) is 0 Å². The lowest BCUT2D eigenvalue weighted by molar-refractivity contribution is 0.511. The van der Waals surface area contributed by atoms with Crippen molar-refractivity contribution in [3.8, 4) is 0 Å². The first-order chi connectivity index (χ1) is 3.89. The first-order valence-electron chi connectivity index (χ1n) is 2.91. The quantitative estimate of drug-likeness (QED) is 0.425. The maximum absolute atomic E-state index is 2.18. The van der Waals surface area contributed by atoms with Crippen LogP contribution in [0.2, 0.25) is 0 Å². The fourth-order valence-electron chi connectivity index (χ4n) is 0.717. The molecule has 0 spiro atoms. The van der Waals surface area contributed by atoms with Gasteiger partial charge in [0.1, 0.15) is 0 Å². The smallest absolute Gasteiger partial charge is 0.0350 e. The van der Waals surface area contributed by atoms with Crippen LogP contribution in [0.25, 0.3) is 0 Å². The molecule has 1 rings (SSSR count). The second-order valence-corrected chi connectivity index (χ2v) is 2.03. The zero-order valence-electron chi connectivity index (χ0n) is 5.17. The summed E-state index contributed by atoms with van der Waals surface area (Å²) in [7, 11) is 2.08. The van der Waals surface area contributed by atoms with E-state index in [1.165, 1.54) is 0 Å². The maximum atomic E-state index is 2.18. The highest BCUT2D eigenvalue weighted by Gasteiger charge is 1.86. The monoisotopic (exact) mass is 109 g/mol. The molecule has 0 fully saturated rings. The lowest BCUT2D eigenvalue weighted by Crippen LogP contribution is -2.08. The number of likely N-dealkylation sites (N-methyl/N-ethyl adjacent to an activating group) is 1. The van der Waals surface area contributed by atoms with E-state index in [9.17, 15) is 0 Å². The summed E-state index contributed by atoms with van der Waals surface area (Å²) in [6, 6.07) is 0. The Hall–Kier alpha value is -0.720. The van der Waals surface area contributed by atoms with Crippen LogP contribution in [0.3, 0.4) is 0 Å². The van der Waals surface area contributed by atoms with Gasteiger partial charge in [0.25, 0.3) is 0 Å². The van der Waals surface area contributed by atoms with Gasteiger partial charge in [-0.05, 0) is 12.6 Å². The van der Waals surface area contributed by atoms with E-state index in [1.807, 2.05) is 0 Å². The van der Waals surface area contributed by atoms with Crippen LogP contribution >= 0.6 is 0 Å². The molecule has 1 aliphatic heterocycles. The predicted molar refractivity (Wildman–Crippen MR) is 35.5 cm³/mol. The largest absolute Gasteiger partial charge is 0.377 e. The Morgan fingerprint density at radius 1 is 1.25 bits per heavy atom. The van der Waals surface area contributed by atoms with E-state index in [0.717, 1.165) is 13.0 Å². The molecule has 0 amide bonds. The first kappa shape index (κ1) is 5.42. The van der Waals surface area contributed by atoms with Gasteiger partial charge in [-0.15, -0.1) is 0 Å². The van der Waals surface area contributed by atoms with Gasteiger partial charge in [0, 0.05) is 13.6 Å². The van der Waals surface area contributed by atoms with Gasteiger partial charge in [-0.3, -0.25) is 0 Å². The van der Waals surface area contributed by atoms with Gasteiger partial charge in [0.05, 0.1) is 0 Å². The van der Waals surface area contributed by atoms with E-state index < -0.39 is 0 Å². The molecule has 0 atom stereocenters. The van der Waals surface area contributed by atoms with Crippen molar-refractivity contribution >= 4 is 0 Å². The van der Waals surface area contributed by atoms with Crippen molar-refractivity contribution < 1.29 is 0 Å². The average molecular weight is 109 g/mol. The molecule has 0 aromatic rings. The summed E-state index contributed by atoms with van der Waals surface area (Å²) in [6.07, 6.45) is 9.72. The van der Waals surface area contributed by atoms with Crippen LogP contribution in [0.15, 0.2) is 24.4 Å². The Labute approximate surface area is 50.3 Å². The van der Waals surface area contributed by atoms with Crippen LogP contribution in [0.1, 0.15) is 6.42 Å². The summed E-state index contributed by atoms with van der Waals surface area (Å²) in [5, 5.41) is 0. The van der Waals surface area contributed by atoms with Gasteiger partial charge in [-0.25, -0.2) is 0 Å². The molecule has 8 heavy (non-hydrogen) atoms. The number of rotatable bonds is 0. The molecule has 1 nitrogen and oxygen atoms in total. The van der Waals surface area contributed by atoms with Gasteiger partial charge in [0.15, 0.2) is 0 Å². The predicted octanol–water partition coefficient (Wildman–Crippen LogP) is 1.39. The van der Waals surface area contributed by atoms with Crippen molar-refractivity contribution in [2.75, 3.05) is 13.6 Å². The summed E-state index contributed by atoms with van der Waals surface area (Å²) < 4.78 is 0. The van der Waals surface area contributed by atoms with E-state index in [2.05, 4.69) is 36.4 Å². The SMILES string of the molecule is CN1C=CCC=CC1. The minimum absolute atomic E-state index is 1.05. The average Bonchev–Trinajstić information content (AvgIpc) is 1.94. The van der Waals surface area contributed by atoms with E-state index in [4.69, 9.17) is 0 Å². The number of hydrogen-bond acceptors (Lipinski definition) is 1. The maximum Gasteiger partial charge on any atom is 0.0350 e. The second-order valence-electron chi connectivity index (χ2n) is 2.03. The molecule has 0 aliphatic carbocycles. The normalized spacial score (nSPS) is 18.9. The highest BCUT2D eigenvalue weighted by Crippen LogP contribution is 1.95. The van der Waals surface area contributed by atoms with Crippen molar-refractivity contribution in [2.45, 2.75) is 6.42 Å². The third-order valence-corrected chi connectivity index (χ3v) is 1.19. The molecule has 0 unspecified atom stereocenters. The molecule has 0 N–H and O–H groups in total. The van der Waals surface area contributed by atoms with Crippen LogP contribution in [0, 0.1) is 0 Å². The van der Waals surface area contributed by atoms with E-state index >= 15 is 0 Å². The summed E-state index contributed by atoms with van der Waals surface area (Å²) >= 11 is 0. The van der Waals surface area contributed by atoms with Crippen LogP contribution in [0.4, 0.5) is 0 Å². The molecule has 0 aromatic carbocycles. The van der Waals surface area contributed by atoms with Gasteiger partial charge in [0.2, 0.25) is 0 Å². The lowest BCUT2D eigenvalue weighted by atomic mass is 10.4. The summed E-state index contributed by atoms with van der Waals surface area (Å²) in [5.41, 5.74) is 0. The fourth-order valence-corrected chi connectivity index (χ4v) is 0.717. The summed E-state index contributed by atoms with van der Waals surface area (Å²) in [5.74, 6) is 0. The van der Waals surface area contributed by atoms with Gasteiger partial charge >= 0.3 is 0 Å². The fraction of sp³-hybridized carbons (Fsp3) is 0.429. The molecule has 44 valence electrons. The number of hydrogen-bond donors (Lipinski definition) is 0. The Kier molecular flexibility index (Phi) is 1.73. The van der Waals surface area contributed by atoms with Crippen molar-refractivity contribution in [2.24, 2.45) is 0 Å². The molecule has 1 aliphatic rings. The molecule has 0 aromatic heterocycles. The van der Waals surface area contributed by atoms with Gasteiger partial charge in [-0.2, -0.15) is 0 Å². The Balaban J connectivity index is 2.48. The minimum Gasteiger partial charge on any atom is -0.377 e. The van der Waals surface area contributed by atoms with Crippen LogP contribution < -0.4 is 0 Å². The van der Waals surface area contributed by atoms with Gasteiger partial charge in [-0.1, -0.05) is 18.2 Å². The number of allylic oxidation sites excluding steroid dienone is 2. The molecule has 1 heterocycles. The van der Waals surface area contributed by atoms with E-state index in [-0.39, 0.29) is 0 Å². The van der Waals surface area contributed by atoms with Crippen molar-refractivity contribution in [3.63, 3.8) is 0 Å². The Morgan fingerprint density at radius 3 is 3.00 bits per heavy atom. The summed E-state index contributed by atoms with van der Waals surface area (Å²) in [6.45, 7) is 1.05. The van der Waals surface area contributed by atoms with Crippen molar-refractivity contribution in [3.05, 3.63) is 24.4 Å². The van der Waals surface area contributed by atoms with Crippen molar-refractivity contribution in [1.29, 1.82) is 0 Å². The highest BCUT2D eigenvalue weighted by atomic mass is 15.1. The topological polar surface area (TPSA) is 3.24 Å². The van der Waals surface area contributed by atoms with Crippen LogP contribution in [-0.4, -0.2) is 18.5 Å². The van der Waals surface area contributed by atoms with Gasteiger partial charge < -0.3 is 4.90 Å². The highest BCUT2D eigenvalue weighted by molar-refractivity contribution is 4.98. The molecule has 1 heteroatoms. The van der Waals surface area contributed by atoms with Crippen LogP contribution in [0.5, 0.6) is 0 Å². The minimum atomic E-state index is 1.05. The standard InChI is InChI=1S/C7H11N/c1-8-6-4-2-3-5-7-8/h2,4-5,7H,3,6H2,1H3. The van der Waals surface area contributed by atoms with Crippen molar-refractivity contribution in [1.82, 2.24) is 4.90 Å². The van der Waals surface area contributed by atoms with E-state index in [1.54, 1.807) is 0 Å². The number of nitrogens with zero attached hydrogens (tertiary/aromatic N) is 1. The lowest BCUT2D eigenvalue weighted by Gasteiger charge is -2.07. The molecular formula is C7H11N. The third-order valence-electron chi connectivity index (χ3n) is 1.19. The molecule has 0 saturated heterocycles. The van der Waals surface area contributed by atoms with E-state index in [0.29, 0.717) is 0 Å². The molecule has 0 radical (unpaired) electrons. The first-order valence-corrected chi connectivity index (χ1v) is 2.91. The third kappa shape index (κ3) is 1.41. The second kappa shape index (κ2) is 2.55. The molecule has 0 bridgehead atoms. The molecule has 0 saturated carbocycles. The Bertz CT molecular complexity index is 114. The molecular weight excluding hydrogens is 98.1 g/mol.